The molecule has 1 aliphatic rings. The molecule has 21 heavy (non-hydrogen) atoms. The standard InChI is InChI=1S/C18H26N2O/c1-2-13-21-17-3-4-18-16(14-17)8-12-20(18)11-7-15-5-9-19-10-6-15/h3-4,8,12,14-15,19H,2,5-7,9-11,13H2,1H3. The fraction of sp³-hybridized carbons (Fsp3) is 0.556. The van der Waals surface area contributed by atoms with Gasteiger partial charge in [0.1, 0.15) is 5.75 Å². The first kappa shape index (κ1) is 14.5. The maximum absolute atomic E-state index is 5.71. The summed E-state index contributed by atoms with van der Waals surface area (Å²) in [6.45, 7) is 6.44. The number of fused-ring (bicyclic) bond motifs is 1. The summed E-state index contributed by atoms with van der Waals surface area (Å²) in [4.78, 5) is 0. The SMILES string of the molecule is CCCOc1ccc2c(ccn2CCC2CCNCC2)c1. The van der Waals surface area contributed by atoms with Gasteiger partial charge in [0.25, 0.3) is 0 Å². The molecule has 1 aliphatic heterocycles. The molecule has 0 radical (unpaired) electrons. The third-order valence-corrected chi connectivity index (χ3v) is 4.45. The summed E-state index contributed by atoms with van der Waals surface area (Å²) < 4.78 is 8.10. The Bertz CT molecular complexity index is 570. The number of ether oxygens (including phenoxy) is 1. The van der Waals surface area contributed by atoms with E-state index in [4.69, 9.17) is 4.74 Å². The van der Waals surface area contributed by atoms with Crippen molar-refractivity contribution in [2.24, 2.45) is 5.92 Å². The smallest absolute Gasteiger partial charge is 0.120 e. The zero-order valence-electron chi connectivity index (χ0n) is 13.0. The highest BCUT2D eigenvalue weighted by Crippen LogP contribution is 2.24. The zero-order valence-corrected chi connectivity index (χ0v) is 13.0. The summed E-state index contributed by atoms with van der Waals surface area (Å²) in [6.07, 6.45) is 7.21. The monoisotopic (exact) mass is 286 g/mol. The quantitative estimate of drug-likeness (QED) is 0.873. The Morgan fingerprint density at radius 3 is 2.90 bits per heavy atom. The van der Waals surface area contributed by atoms with Gasteiger partial charge in [-0.05, 0) is 69.0 Å². The van der Waals surface area contributed by atoms with Crippen molar-refractivity contribution in [2.75, 3.05) is 19.7 Å². The molecule has 0 amide bonds. The van der Waals surface area contributed by atoms with E-state index in [0.29, 0.717) is 0 Å². The Morgan fingerprint density at radius 2 is 2.10 bits per heavy atom. The molecule has 0 unspecified atom stereocenters. The number of nitrogens with zero attached hydrogens (tertiary/aromatic N) is 1. The van der Waals surface area contributed by atoms with Crippen LogP contribution >= 0.6 is 0 Å². The highest BCUT2D eigenvalue weighted by molar-refractivity contribution is 5.81. The average Bonchev–Trinajstić information content (AvgIpc) is 2.94. The van der Waals surface area contributed by atoms with Crippen molar-refractivity contribution >= 4 is 10.9 Å². The highest BCUT2D eigenvalue weighted by atomic mass is 16.5. The van der Waals surface area contributed by atoms with Crippen molar-refractivity contribution in [3.05, 3.63) is 30.5 Å². The van der Waals surface area contributed by atoms with Crippen LogP contribution in [0.3, 0.4) is 0 Å². The Balaban J connectivity index is 1.65. The minimum Gasteiger partial charge on any atom is -0.494 e. The van der Waals surface area contributed by atoms with Crippen molar-refractivity contribution < 1.29 is 4.74 Å². The third-order valence-electron chi connectivity index (χ3n) is 4.45. The number of hydrogen-bond donors (Lipinski definition) is 1. The van der Waals surface area contributed by atoms with E-state index in [2.05, 4.69) is 47.3 Å². The first-order chi connectivity index (χ1) is 10.4. The van der Waals surface area contributed by atoms with Crippen LogP contribution in [0.15, 0.2) is 30.5 Å². The molecule has 0 saturated carbocycles. The van der Waals surface area contributed by atoms with Crippen LogP contribution in [0.1, 0.15) is 32.6 Å². The molecule has 3 heteroatoms. The van der Waals surface area contributed by atoms with Crippen molar-refractivity contribution in [3.63, 3.8) is 0 Å². The lowest BCUT2D eigenvalue weighted by atomic mass is 9.95. The van der Waals surface area contributed by atoms with E-state index >= 15 is 0 Å². The van der Waals surface area contributed by atoms with Crippen molar-refractivity contribution in [1.29, 1.82) is 0 Å². The third kappa shape index (κ3) is 3.59. The average molecular weight is 286 g/mol. The number of aromatic nitrogens is 1. The molecule has 0 aliphatic carbocycles. The summed E-state index contributed by atoms with van der Waals surface area (Å²) in [5.74, 6) is 1.87. The van der Waals surface area contributed by atoms with Crippen molar-refractivity contribution in [2.45, 2.75) is 39.2 Å². The van der Waals surface area contributed by atoms with E-state index in [-0.39, 0.29) is 0 Å². The lowest BCUT2D eigenvalue weighted by Gasteiger charge is -2.22. The van der Waals surface area contributed by atoms with Crippen LogP contribution < -0.4 is 10.1 Å². The molecule has 2 heterocycles. The number of nitrogens with one attached hydrogen (secondary N) is 1. The van der Waals surface area contributed by atoms with Gasteiger partial charge in [0, 0.05) is 23.6 Å². The minimum atomic E-state index is 0.794. The van der Waals surface area contributed by atoms with E-state index in [9.17, 15) is 0 Å². The second-order valence-corrected chi connectivity index (χ2v) is 6.06. The molecular formula is C18H26N2O. The largest absolute Gasteiger partial charge is 0.494 e. The topological polar surface area (TPSA) is 26.2 Å². The van der Waals surface area contributed by atoms with Gasteiger partial charge in [-0.25, -0.2) is 0 Å². The van der Waals surface area contributed by atoms with Crippen LogP contribution in [0.2, 0.25) is 0 Å². The van der Waals surface area contributed by atoms with E-state index in [0.717, 1.165) is 31.2 Å². The minimum absolute atomic E-state index is 0.794. The number of aryl methyl sites for hydroxylation is 1. The maximum Gasteiger partial charge on any atom is 0.120 e. The van der Waals surface area contributed by atoms with Gasteiger partial charge in [0.2, 0.25) is 0 Å². The Kier molecular flexibility index (Phi) is 4.81. The van der Waals surface area contributed by atoms with Gasteiger partial charge in [-0.1, -0.05) is 6.92 Å². The fourth-order valence-electron chi connectivity index (χ4n) is 3.17. The molecule has 3 nitrogen and oxygen atoms in total. The van der Waals surface area contributed by atoms with Gasteiger partial charge < -0.3 is 14.6 Å². The number of rotatable bonds is 6. The molecule has 0 spiro atoms. The van der Waals surface area contributed by atoms with Crippen LogP contribution in [-0.4, -0.2) is 24.3 Å². The van der Waals surface area contributed by atoms with Crippen LogP contribution in [0.5, 0.6) is 5.75 Å². The van der Waals surface area contributed by atoms with E-state index in [1.165, 1.54) is 43.3 Å². The summed E-state index contributed by atoms with van der Waals surface area (Å²) in [5, 5.41) is 4.73. The van der Waals surface area contributed by atoms with Gasteiger partial charge in [0.15, 0.2) is 0 Å². The Labute approximate surface area is 127 Å². The number of hydrogen-bond acceptors (Lipinski definition) is 2. The van der Waals surface area contributed by atoms with Crippen molar-refractivity contribution in [3.8, 4) is 5.75 Å². The first-order valence-corrected chi connectivity index (χ1v) is 8.29. The van der Waals surface area contributed by atoms with Crippen LogP contribution in [0.4, 0.5) is 0 Å². The fourth-order valence-corrected chi connectivity index (χ4v) is 3.17. The second kappa shape index (κ2) is 6.99. The molecule has 114 valence electrons. The van der Waals surface area contributed by atoms with Crippen LogP contribution in [0.25, 0.3) is 10.9 Å². The zero-order chi connectivity index (χ0) is 14.5. The molecule has 1 N–H and O–H groups in total. The molecule has 1 fully saturated rings. The van der Waals surface area contributed by atoms with Gasteiger partial charge in [-0.15, -0.1) is 0 Å². The highest BCUT2D eigenvalue weighted by Gasteiger charge is 2.13. The van der Waals surface area contributed by atoms with Crippen molar-refractivity contribution in [1.82, 2.24) is 9.88 Å². The summed E-state index contributed by atoms with van der Waals surface area (Å²) in [7, 11) is 0. The van der Waals surface area contributed by atoms with Gasteiger partial charge in [-0.2, -0.15) is 0 Å². The van der Waals surface area contributed by atoms with E-state index in [1.807, 2.05) is 0 Å². The Hall–Kier alpha value is -1.48. The van der Waals surface area contributed by atoms with Crippen LogP contribution in [-0.2, 0) is 6.54 Å². The molecule has 0 bridgehead atoms. The molecular weight excluding hydrogens is 260 g/mol. The number of piperidine rings is 1. The summed E-state index contributed by atoms with van der Waals surface area (Å²) in [5.41, 5.74) is 1.33. The van der Waals surface area contributed by atoms with Crippen LogP contribution in [0, 0.1) is 5.92 Å². The molecule has 1 aromatic heterocycles. The predicted molar refractivity (Wildman–Crippen MR) is 87.9 cm³/mol. The lowest BCUT2D eigenvalue weighted by molar-refractivity contribution is 0.318. The second-order valence-electron chi connectivity index (χ2n) is 6.06. The normalized spacial score (nSPS) is 16.4. The van der Waals surface area contributed by atoms with Gasteiger partial charge in [-0.3, -0.25) is 0 Å². The molecule has 2 aromatic rings. The summed E-state index contributed by atoms with van der Waals surface area (Å²) in [6, 6.07) is 8.66. The van der Waals surface area contributed by atoms with Gasteiger partial charge in [0.05, 0.1) is 6.61 Å². The summed E-state index contributed by atoms with van der Waals surface area (Å²) >= 11 is 0. The lowest BCUT2D eigenvalue weighted by Crippen LogP contribution is -2.28. The molecule has 3 rings (SSSR count). The predicted octanol–water partition coefficient (Wildman–Crippen LogP) is 3.82. The van der Waals surface area contributed by atoms with E-state index < -0.39 is 0 Å². The molecule has 1 aromatic carbocycles. The molecule has 1 saturated heterocycles. The maximum atomic E-state index is 5.71. The van der Waals surface area contributed by atoms with Gasteiger partial charge >= 0.3 is 0 Å². The first-order valence-electron chi connectivity index (χ1n) is 8.29. The number of benzene rings is 1. The Morgan fingerprint density at radius 1 is 1.24 bits per heavy atom. The van der Waals surface area contributed by atoms with E-state index in [1.54, 1.807) is 0 Å². The molecule has 0 atom stereocenters.